The van der Waals surface area contributed by atoms with Crippen molar-refractivity contribution in [3.63, 3.8) is 0 Å². The molecule has 1 aromatic carbocycles. The fourth-order valence-electron chi connectivity index (χ4n) is 1.50. The number of aryl methyl sites for hydroxylation is 1. The Morgan fingerprint density at radius 2 is 2.06 bits per heavy atom. The van der Waals surface area contributed by atoms with E-state index in [9.17, 15) is 18.0 Å². The first kappa shape index (κ1) is 15.0. The maximum absolute atomic E-state index is 12.2. The van der Waals surface area contributed by atoms with Gasteiger partial charge in [0.05, 0.1) is 5.33 Å². The van der Waals surface area contributed by atoms with Crippen molar-refractivity contribution in [3.8, 4) is 5.75 Å². The smallest absolute Gasteiger partial charge is 0.405 e. The first-order chi connectivity index (χ1) is 8.35. The van der Waals surface area contributed by atoms with E-state index in [1.165, 1.54) is 6.07 Å². The standard InChI is InChI=1S/C12H12BrF3O2/c1-2-9-4-3-8(5-10(17)7-13)6-11(9)18-12(14,15)16/h3-4,6H,2,5,7H2,1H3. The van der Waals surface area contributed by atoms with Gasteiger partial charge in [-0.15, -0.1) is 13.2 Å². The molecule has 0 unspecified atom stereocenters. The molecule has 1 rings (SSSR count). The van der Waals surface area contributed by atoms with E-state index in [1.807, 2.05) is 0 Å². The summed E-state index contributed by atoms with van der Waals surface area (Å²) in [4.78, 5) is 11.2. The van der Waals surface area contributed by atoms with Gasteiger partial charge in [-0.1, -0.05) is 35.0 Å². The lowest BCUT2D eigenvalue weighted by molar-refractivity contribution is -0.274. The fraction of sp³-hybridized carbons (Fsp3) is 0.417. The average Bonchev–Trinajstić information content (AvgIpc) is 2.27. The van der Waals surface area contributed by atoms with Crippen LogP contribution in [0.2, 0.25) is 0 Å². The van der Waals surface area contributed by atoms with Crippen molar-refractivity contribution < 1.29 is 22.7 Å². The summed E-state index contributed by atoms with van der Waals surface area (Å²) in [6, 6.07) is 4.47. The maximum atomic E-state index is 12.2. The second-order valence-electron chi connectivity index (χ2n) is 3.69. The summed E-state index contributed by atoms with van der Waals surface area (Å²) in [6.07, 6.45) is -4.20. The molecular formula is C12H12BrF3O2. The van der Waals surface area contributed by atoms with Crippen LogP contribution in [-0.2, 0) is 17.6 Å². The van der Waals surface area contributed by atoms with Gasteiger partial charge in [0.1, 0.15) is 11.5 Å². The third kappa shape index (κ3) is 4.68. The molecule has 0 fully saturated rings. The topological polar surface area (TPSA) is 26.3 Å². The number of alkyl halides is 4. The number of carbonyl (C=O) groups excluding carboxylic acids is 1. The van der Waals surface area contributed by atoms with Crippen molar-refractivity contribution in [1.82, 2.24) is 0 Å². The molecule has 0 aliphatic rings. The highest BCUT2D eigenvalue weighted by molar-refractivity contribution is 9.09. The quantitative estimate of drug-likeness (QED) is 0.773. The molecule has 0 aromatic heterocycles. The van der Waals surface area contributed by atoms with E-state index in [4.69, 9.17) is 0 Å². The Morgan fingerprint density at radius 3 is 2.56 bits per heavy atom. The first-order valence-electron chi connectivity index (χ1n) is 5.31. The first-order valence-corrected chi connectivity index (χ1v) is 6.43. The minimum atomic E-state index is -4.72. The van der Waals surface area contributed by atoms with Crippen LogP contribution in [0, 0.1) is 0 Å². The molecular weight excluding hydrogens is 313 g/mol. The van der Waals surface area contributed by atoms with Gasteiger partial charge in [-0.05, 0) is 23.6 Å². The van der Waals surface area contributed by atoms with E-state index in [0.29, 0.717) is 17.5 Å². The van der Waals surface area contributed by atoms with Gasteiger partial charge in [0.25, 0.3) is 0 Å². The van der Waals surface area contributed by atoms with Crippen molar-refractivity contribution in [2.24, 2.45) is 0 Å². The van der Waals surface area contributed by atoms with Crippen LogP contribution in [0.15, 0.2) is 18.2 Å². The number of halogens is 4. The van der Waals surface area contributed by atoms with Crippen molar-refractivity contribution in [3.05, 3.63) is 29.3 Å². The largest absolute Gasteiger partial charge is 0.573 e. The normalized spacial score (nSPS) is 11.4. The molecule has 0 spiro atoms. The molecule has 0 saturated heterocycles. The molecule has 0 heterocycles. The number of benzene rings is 1. The van der Waals surface area contributed by atoms with Crippen LogP contribution in [0.3, 0.4) is 0 Å². The predicted molar refractivity (Wildman–Crippen MR) is 65.0 cm³/mol. The van der Waals surface area contributed by atoms with Gasteiger partial charge >= 0.3 is 6.36 Å². The second kappa shape index (κ2) is 6.22. The monoisotopic (exact) mass is 324 g/mol. The number of ether oxygens (including phenoxy) is 1. The van der Waals surface area contributed by atoms with Gasteiger partial charge < -0.3 is 4.74 Å². The Morgan fingerprint density at radius 1 is 1.39 bits per heavy atom. The highest BCUT2D eigenvalue weighted by Gasteiger charge is 2.32. The Kier molecular flexibility index (Phi) is 5.19. The Hall–Kier alpha value is -1.04. The van der Waals surface area contributed by atoms with Crippen LogP contribution < -0.4 is 4.74 Å². The summed E-state index contributed by atoms with van der Waals surface area (Å²) in [5, 5.41) is 0.179. The van der Waals surface area contributed by atoms with Crippen LogP contribution >= 0.6 is 15.9 Å². The zero-order chi connectivity index (χ0) is 13.8. The van der Waals surface area contributed by atoms with Gasteiger partial charge in [-0.3, -0.25) is 4.79 Å². The third-order valence-corrected chi connectivity index (χ3v) is 2.91. The number of carbonyl (C=O) groups is 1. The summed E-state index contributed by atoms with van der Waals surface area (Å²) in [5.41, 5.74) is 0.971. The van der Waals surface area contributed by atoms with Gasteiger partial charge in [0, 0.05) is 6.42 Å². The Balaban J connectivity index is 2.98. The minimum absolute atomic E-state index is 0.0868. The summed E-state index contributed by atoms with van der Waals surface area (Å²) in [5.74, 6) is -0.331. The average molecular weight is 325 g/mol. The molecule has 6 heteroatoms. The highest BCUT2D eigenvalue weighted by atomic mass is 79.9. The third-order valence-electron chi connectivity index (χ3n) is 2.29. The Labute approximate surface area is 111 Å². The summed E-state index contributed by atoms with van der Waals surface area (Å²) in [6.45, 7) is 1.74. The fourth-order valence-corrected chi connectivity index (χ4v) is 1.69. The van der Waals surface area contributed by atoms with Crippen LogP contribution in [0.5, 0.6) is 5.75 Å². The number of Topliss-reactive ketones (excluding diaryl/α,β-unsaturated/α-hetero) is 1. The van der Waals surface area contributed by atoms with E-state index in [-0.39, 0.29) is 23.3 Å². The molecule has 2 nitrogen and oxygen atoms in total. The number of rotatable bonds is 5. The lowest BCUT2D eigenvalue weighted by Crippen LogP contribution is -2.18. The molecule has 0 radical (unpaired) electrons. The lowest BCUT2D eigenvalue weighted by atomic mass is 10.0. The Bertz CT molecular complexity index is 430. The maximum Gasteiger partial charge on any atom is 0.573 e. The van der Waals surface area contributed by atoms with E-state index in [0.717, 1.165) is 0 Å². The molecule has 0 amide bonds. The van der Waals surface area contributed by atoms with Crippen LogP contribution in [-0.4, -0.2) is 17.5 Å². The van der Waals surface area contributed by atoms with Crippen LogP contribution in [0.25, 0.3) is 0 Å². The predicted octanol–water partition coefficient (Wildman–Crippen LogP) is 3.65. The van der Waals surface area contributed by atoms with Crippen LogP contribution in [0.4, 0.5) is 13.2 Å². The number of ketones is 1. The molecule has 0 bridgehead atoms. The van der Waals surface area contributed by atoms with E-state index in [1.54, 1.807) is 19.1 Å². The summed E-state index contributed by atoms with van der Waals surface area (Å²) < 4.78 is 40.6. The molecule has 0 aliphatic carbocycles. The number of hydrogen-bond acceptors (Lipinski definition) is 2. The van der Waals surface area contributed by atoms with Gasteiger partial charge in [0.2, 0.25) is 0 Å². The molecule has 0 saturated carbocycles. The zero-order valence-corrected chi connectivity index (χ0v) is 11.3. The number of hydrogen-bond donors (Lipinski definition) is 0. The molecule has 0 N–H and O–H groups in total. The van der Waals surface area contributed by atoms with Crippen molar-refractivity contribution in [2.45, 2.75) is 26.1 Å². The molecule has 100 valence electrons. The van der Waals surface area contributed by atoms with Crippen LogP contribution in [0.1, 0.15) is 18.1 Å². The molecule has 1 aromatic rings. The van der Waals surface area contributed by atoms with Gasteiger partial charge in [-0.25, -0.2) is 0 Å². The second-order valence-corrected chi connectivity index (χ2v) is 4.25. The van der Waals surface area contributed by atoms with E-state index >= 15 is 0 Å². The molecule has 0 aliphatic heterocycles. The zero-order valence-electron chi connectivity index (χ0n) is 9.68. The molecule has 18 heavy (non-hydrogen) atoms. The van der Waals surface area contributed by atoms with Gasteiger partial charge in [-0.2, -0.15) is 0 Å². The van der Waals surface area contributed by atoms with Crippen molar-refractivity contribution in [2.75, 3.05) is 5.33 Å². The van der Waals surface area contributed by atoms with E-state index < -0.39 is 6.36 Å². The summed E-state index contributed by atoms with van der Waals surface area (Å²) >= 11 is 3.01. The minimum Gasteiger partial charge on any atom is -0.405 e. The lowest BCUT2D eigenvalue weighted by Gasteiger charge is -2.13. The van der Waals surface area contributed by atoms with Gasteiger partial charge in [0.15, 0.2) is 0 Å². The van der Waals surface area contributed by atoms with E-state index in [2.05, 4.69) is 20.7 Å². The summed E-state index contributed by atoms with van der Waals surface area (Å²) in [7, 11) is 0. The van der Waals surface area contributed by atoms with Crippen molar-refractivity contribution >= 4 is 21.7 Å². The SMILES string of the molecule is CCc1ccc(CC(=O)CBr)cc1OC(F)(F)F. The highest BCUT2D eigenvalue weighted by Crippen LogP contribution is 2.28. The van der Waals surface area contributed by atoms with Crippen molar-refractivity contribution in [1.29, 1.82) is 0 Å². The molecule has 0 atom stereocenters.